The summed E-state index contributed by atoms with van der Waals surface area (Å²) < 4.78 is 6.87. The van der Waals surface area contributed by atoms with E-state index in [4.69, 9.17) is 4.74 Å². The van der Waals surface area contributed by atoms with Crippen LogP contribution in [-0.2, 0) is 5.41 Å². The van der Waals surface area contributed by atoms with Crippen LogP contribution in [0.5, 0.6) is 5.75 Å². The maximum absolute atomic E-state index is 10.5. The molecule has 0 radical (unpaired) electrons. The minimum absolute atomic E-state index is 0. The number of halogens is 1. The number of rotatable bonds is 7. The number of quaternary nitrogens is 1. The number of hydrogen-bond acceptors (Lipinski definition) is 2. The van der Waals surface area contributed by atoms with Gasteiger partial charge in [0.2, 0.25) is 0 Å². The van der Waals surface area contributed by atoms with Crippen LogP contribution in [0.1, 0.15) is 72.3 Å². The maximum Gasteiger partial charge on any atom is 0.137 e. The lowest BCUT2D eigenvalue weighted by atomic mass is 9.72. The molecule has 4 heteroatoms. The van der Waals surface area contributed by atoms with Gasteiger partial charge < -0.3 is 38.3 Å². The maximum atomic E-state index is 10.5. The Labute approximate surface area is 190 Å². The normalized spacial score (nSPS) is 18.7. The standard InChI is InChI=1S/C24H42NO2.HI/c1-23(2,3)19-24(4,5)20-11-13-22(14-12-20)27-18-21(26)17-25(6)15-9-7-8-10-16-25;/h11-14,21,26H,7-10,15-19H2,1-6H3;1H/q+1;/p-1. The Kier molecular flexibility index (Phi) is 9.75. The summed E-state index contributed by atoms with van der Waals surface area (Å²) in [6.07, 6.45) is 5.93. The number of ether oxygens (including phenoxy) is 1. The molecule has 0 bridgehead atoms. The molecule has 1 aromatic carbocycles. The molecule has 0 saturated carbocycles. The van der Waals surface area contributed by atoms with Gasteiger partial charge in [0, 0.05) is 0 Å². The largest absolute Gasteiger partial charge is 1.00 e. The molecule has 1 aromatic rings. The number of likely N-dealkylation sites (tertiary alicyclic amines) is 1. The lowest BCUT2D eigenvalue weighted by molar-refractivity contribution is -0.911. The average molecular weight is 504 g/mol. The number of nitrogens with zero attached hydrogens (tertiary/aromatic N) is 1. The van der Waals surface area contributed by atoms with Gasteiger partial charge in [-0.2, -0.15) is 0 Å². The molecule has 1 unspecified atom stereocenters. The van der Waals surface area contributed by atoms with E-state index in [1.807, 2.05) is 0 Å². The lowest BCUT2D eigenvalue weighted by Gasteiger charge is -2.35. The minimum atomic E-state index is -0.412. The molecule has 162 valence electrons. The predicted molar refractivity (Wildman–Crippen MR) is 114 cm³/mol. The van der Waals surface area contributed by atoms with Gasteiger partial charge in [0.1, 0.15) is 25.0 Å². The molecular weight excluding hydrogens is 461 g/mol. The molecular formula is C24H42INO2. The number of aliphatic hydroxyl groups excluding tert-OH is 1. The van der Waals surface area contributed by atoms with Gasteiger partial charge in [0.25, 0.3) is 0 Å². The molecule has 3 nitrogen and oxygen atoms in total. The number of likely N-dealkylation sites (N-methyl/N-ethyl adjacent to an activating group) is 1. The third-order valence-corrected chi connectivity index (χ3v) is 5.85. The Morgan fingerprint density at radius 3 is 2.00 bits per heavy atom. The van der Waals surface area contributed by atoms with Crippen molar-refractivity contribution in [2.45, 2.75) is 78.2 Å². The van der Waals surface area contributed by atoms with E-state index in [1.165, 1.54) is 44.3 Å². The summed E-state index contributed by atoms with van der Waals surface area (Å²) in [5.41, 5.74) is 1.78. The fourth-order valence-electron chi connectivity index (χ4n) is 4.82. The summed E-state index contributed by atoms with van der Waals surface area (Å²) in [6.45, 7) is 15.0. The van der Waals surface area contributed by atoms with E-state index < -0.39 is 6.10 Å². The molecule has 1 saturated heterocycles. The predicted octanol–water partition coefficient (Wildman–Crippen LogP) is 2.16. The molecule has 1 aliphatic heterocycles. The van der Waals surface area contributed by atoms with Crippen LogP contribution in [-0.4, -0.2) is 49.0 Å². The first-order valence-electron chi connectivity index (χ1n) is 10.7. The van der Waals surface area contributed by atoms with Crippen molar-refractivity contribution in [3.05, 3.63) is 29.8 Å². The van der Waals surface area contributed by atoms with E-state index >= 15 is 0 Å². The Hall–Kier alpha value is -0.330. The van der Waals surface area contributed by atoms with E-state index in [-0.39, 0.29) is 29.4 Å². The average Bonchev–Trinajstić information content (AvgIpc) is 2.75. The van der Waals surface area contributed by atoms with E-state index in [0.29, 0.717) is 12.0 Å². The van der Waals surface area contributed by atoms with Gasteiger partial charge in [-0.3, -0.25) is 0 Å². The summed E-state index contributed by atoms with van der Waals surface area (Å²) in [5.74, 6) is 0.850. The summed E-state index contributed by atoms with van der Waals surface area (Å²) in [6, 6.07) is 8.45. The molecule has 1 fully saturated rings. The quantitative estimate of drug-likeness (QED) is 0.457. The van der Waals surface area contributed by atoms with Crippen LogP contribution in [0.2, 0.25) is 0 Å². The lowest BCUT2D eigenvalue weighted by Crippen LogP contribution is -3.00. The van der Waals surface area contributed by atoms with E-state index in [9.17, 15) is 5.11 Å². The molecule has 1 heterocycles. The smallest absolute Gasteiger partial charge is 0.137 e. The first kappa shape index (κ1) is 25.7. The van der Waals surface area contributed by atoms with Gasteiger partial charge in [-0.1, -0.05) is 46.8 Å². The van der Waals surface area contributed by atoms with Crippen molar-refractivity contribution in [2.24, 2.45) is 5.41 Å². The Balaban J connectivity index is 0.00000392. The van der Waals surface area contributed by atoms with Crippen molar-refractivity contribution in [1.82, 2.24) is 0 Å². The highest BCUT2D eigenvalue weighted by Crippen LogP contribution is 2.36. The molecule has 1 N–H and O–H groups in total. The van der Waals surface area contributed by atoms with E-state index in [1.54, 1.807) is 0 Å². The SMILES string of the molecule is CC(C)(C)CC(C)(C)c1ccc(OCC(O)C[N+]2(C)CCCCCC2)cc1.[I-]. The number of hydrogen-bond donors (Lipinski definition) is 1. The van der Waals surface area contributed by atoms with E-state index in [0.717, 1.165) is 23.2 Å². The molecule has 0 aromatic heterocycles. The monoisotopic (exact) mass is 503 g/mol. The van der Waals surface area contributed by atoms with Crippen LogP contribution in [0.25, 0.3) is 0 Å². The zero-order valence-corrected chi connectivity index (χ0v) is 21.1. The van der Waals surface area contributed by atoms with Crippen molar-refractivity contribution in [2.75, 3.05) is 33.3 Å². The number of benzene rings is 1. The molecule has 2 rings (SSSR count). The van der Waals surface area contributed by atoms with E-state index in [2.05, 4.69) is 65.9 Å². The van der Waals surface area contributed by atoms with Gasteiger partial charge in [-0.25, -0.2) is 0 Å². The molecule has 28 heavy (non-hydrogen) atoms. The number of aliphatic hydroxyl groups is 1. The summed E-state index contributed by atoms with van der Waals surface area (Å²) in [7, 11) is 2.28. The second kappa shape index (κ2) is 10.6. The topological polar surface area (TPSA) is 29.5 Å². The molecule has 0 spiro atoms. The summed E-state index contributed by atoms with van der Waals surface area (Å²) in [4.78, 5) is 0. The molecule has 0 aliphatic carbocycles. The van der Waals surface area contributed by atoms with Crippen LogP contribution in [0, 0.1) is 5.41 Å². The summed E-state index contributed by atoms with van der Waals surface area (Å²) >= 11 is 0. The fourth-order valence-corrected chi connectivity index (χ4v) is 4.82. The van der Waals surface area contributed by atoms with Crippen LogP contribution >= 0.6 is 0 Å². The first-order valence-corrected chi connectivity index (χ1v) is 10.7. The molecule has 1 aliphatic rings. The van der Waals surface area contributed by atoms with Gasteiger partial charge in [0.05, 0.1) is 20.1 Å². The Bertz CT molecular complexity index is 569. The van der Waals surface area contributed by atoms with Crippen LogP contribution in [0.4, 0.5) is 0 Å². The van der Waals surface area contributed by atoms with Crippen LogP contribution in [0.15, 0.2) is 24.3 Å². The van der Waals surface area contributed by atoms with Crippen molar-refractivity contribution < 1.29 is 38.3 Å². The molecule has 0 amide bonds. The van der Waals surface area contributed by atoms with Gasteiger partial charge in [0.15, 0.2) is 0 Å². The highest BCUT2D eigenvalue weighted by atomic mass is 127. The van der Waals surface area contributed by atoms with Crippen molar-refractivity contribution in [3.8, 4) is 5.75 Å². The molecule has 1 atom stereocenters. The third-order valence-electron chi connectivity index (χ3n) is 5.85. The Morgan fingerprint density at radius 1 is 0.964 bits per heavy atom. The highest BCUT2D eigenvalue weighted by Gasteiger charge is 2.28. The van der Waals surface area contributed by atoms with Crippen LogP contribution < -0.4 is 28.7 Å². The van der Waals surface area contributed by atoms with Crippen molar-refractivity contribution >= 4 is 0 Å². The summed E-state index contributed by atoms with van der Waals surface area (Å²) in [5, 5.41) is 10.5. The van der Waals surface area contributed by atoms with Crippen molar-refractivity contribution in [3.63, 3.8) is 0 Å². The Morgan fingerprint density at radius 2 is 1.50 bits per heavy atom. The minimum Gasteiger partial charge on any atom is -1.00 e. The zero-order valence-electron chi connectivity index (χ0n) is 18.9. The third kappa shape index (κ3) is 8.58. The second-order valence-corrected chi connectivity index (χ2v) is 10.8. The first-order chi connectivity index (χ1) is 12.5. The highest BCUT2D eigenvalue weighted by molar-refractivity contribution is 5.31. The van der Waals surface area contributed by atoms with Crippen LogP contribution in [0.3, 0.4) is 0 Å². The van der Waals surface area contributed by atoms with Gasteiger partial charge in [-0.05, 0) is 60.6 Å². The van der Waals surface area contributed by atoms with Crippen molar-refractivity contribution in [1.29, 1.82) is 0 Å². The fraction of sp³-hybridized carbons (Fsp3) is 0.750. The zero-order chi connectivity index (χ0) is 20.1. The van der Waals surface area contributed by atoms with Gasteiger partial charge in [-0.15, -0.1) is 0 Å². The second-order valence-electron chi connectivity index (χ2n) is 10.8. The van der Waals surface area contributed by atoms with Gasteiger partial charge >= 0.3 is 0 Å².